The fourth-order valence-corrected chi connectivity index (χ4v) is 2.11. The Bertz CT molecular complexity index is 556. The van der Waals surface area contributed by atoms with Gasteiger partial charge in [-0.25, -0.2) is 0 Å². The highest BCUT2D eigenvalue weighted by molar-refractivity contribution is 5.63. The van der Waals surface area contributed by atoms with E-state index in [9.17, 15) is 13.2 Å². The van der Waals surface area contributed by atoms with E-state index in [-0.39, 0.29) is 0 Å². The highest BCUT2D eigenvalue weighted by Crippen LogP contribution is 2.23. The Morgan fingerprint density at radius 2 is 1.29 bits per heavy atom. The van der Waals surface area contributed by atoms with Crippen LogP contribution in [0.1, 0.15) is 24.5 Å². The van der Waals surface area contributed by atoms with Crippen LogP contribution in [0.25, 0.3) is 11.1 Å². The molecule has 0 amide bonds. The summed E-state index contributed by atoms with van der Waals surface area (Å²) in [6.45, 7) is 1.68. The molecule has 0 aliphatic carbocycles. The summed E-state index contributed by atoms with van der Waals surface area (Å²) in [4.78, 5) is 0. The lowest BCUT2D eigenvalue weighted by Crippen LogP contribution is -2.12. The molecule has 0 aliphatic heterocycles. The van der Waals surface area contributed by atoms with Crippen molar-refractivity contribution in [3.05, 3.63) is 59.7 Å². The van der Waals surface area contributed by atoms with Crippen LogP contribution in [0, 0.1) is 0 Å². The molecule has 4 heteroatoms. The Morgan fingerprint density at radius 3 is 1.71 bits per heavy atom. The van der Waals surface area contributed by atoms with Gasteiger partial charge < -0.3 is 0 Å². The summed E-state index contributed by atoms with van der Waals surface area (Å²) in [5.41, 5.74) is 3.82. The molecule has 0 aromatic heterocycles. The molecule has 0 unspecified atom stereocenters. The fourth-order valence-electron chi connectivity index (χ4n) is 2.11. The third-order valence-electron chi connectivity index (χ3n) is 3.18. The molecule has 112 valence electrons. The molecular weight excluding hydrogens is 277 g/mol. The minimum Gasteiger partial charge on any atom is -0.287 e. The zero-order chi connectivity index (χ0) is 15.3. The maximum absolute atomic E-state index is 12.0. The molecular formula is C17H17F3O. The first-order chi connectivity index (χ1) is 9.98. The normalized spacial score (nSPS) is 11.6. The molecule has 0 aliphatic rings. The molecule has 2 aromatic carbocycles. The highest BCUT2D eigenvalue weighted by atomic mass is 19.4. The molecule has 0 N–H and O–H groups in total. The number of rotatable bonds is 5. The minimum absolute atomic E-state index is 0.459. The standard InChI is InChI=1S/C17H17F3O/c1-2-3-13-4-8-15(9-5-13)16-10-6-14(7-11-16)12-21-17(18,19)20/h4-11H,2-3,12H2,1H3. The number of ether oxygens (including phenoxy) is 1. The van der Waals surface area contributed by atoms with Crippen molar-refractivity contribution in [2.45, 2.75) is 32.7 Å². The Kier molecular flexibility index (Phi) is 5.02. The first-order valence-corrected chi connectivity index (χ1v) is 6.87. The second-order valence-corrected chi connectivity index (χ2v) is 4.88. The van der Waals surface area contributed by atoms with Crippen LogP contribution in [0.2, 0.25) is 0 Å². The monoisotopic (exact) mass is 294 g/mol. The molecule has 0 heterocycles. The van der Waals surface area contributed by atoms with Crippen molar-refractivity contribution in [2.24, 2.45) is 0 Å². The van der Waals surface area contributed by atoms with Crippen molar-refractivity contribution < 1.29 is 17.9 Å². The molecule has 0 radical (unpaired) electrons. The Morgan fingerprint density at radius 1 is 0.810 bits per heavy atom. The van der Waals surface area contributed by atoms with Crippen molar-refractivity contribution >= 4 is 0 Å². The number of halogens is 3. The van der Waals surface area contributed by atoms with Gasteiger partial charge >= 0.3 is 6.36 Å². The van der Waals surface area contributed by atoms with Crippen molar-refractivity contribution in [3.8, 4) is 11.1 Å². The van der Waals surface area contributed by atoms with Crippen LogP contribution >= 0.6 is 0 Å². The highest BCUT2D eigenvalue weighted by Gasteiger charge is 2.28. The summed E-state index contributed by atoms with van der Waals surface area (Å²) in [5.74, 6) is 0. The molecule has 0 fully saturated rings. The van der Waals surface area contributed by atoms with E-state index in [0.29, 0.717) is 5.56 Å². The SMILES string of the molecule is CCCc1ccc(-c2ccc(COC(F)(F)F)cc2)cc1. The molecule has 1 nitrogen and oxygen atoms in total. The first-order valence-electron chi connectivity index (χ1n) is 6.87. The molecule has 0 saturated carbocycles. The first kappa shape index (κ1) is 15.6. The van der Waals surface area contributed by atoms with E-state index in [4.69, 9.17) is 0 Å². The number of aryl methyl sites for hydroxylation is 1. The average molecular weight is 294 g/mol. The van der Waals surface area contributed by atoms with Crippen LogP contribution in [0.15, 0.2) is 48.5 Å². The van der Waals surface area contributed by atoms with Gasteiger partial charge in [0, 0.05) is 0 Å². The van der Waals surface area contributed by atoms with Gasteiger partial charge in [0.25, 0.3) is 0 Å². The van der Waals surface area contributed by atoms with Gasteiger partial charge in [-0.3, -0.25) is 4.74 Å². The van der Waals surface area contributed by atoms with Gasteiger partial charge in [0.15, 0.2) is 0 Å². The maximum Gasteiger partial charge on any atom is 0.522 e. The summed E-state index contributed by atoms with van der Waals surface area (Å²) < 4.78 is 39.7. The number of hydrogen-bond donors (Lipinski definition) is 0. The van der Waals surface area contributed by atoms with Gasteiger partial charge in [-0.1, -0.05) is 61.9 Å². The second kappa shape index (κ2) is 6.76. The molecule has 0 bridgehead atoms. The molecule has 0 spiro atoms. The summed E-state index contributed by atoms with van der Waals surface area (Å²) in [7, 11) is 0. The van der Waals surface area contributed by atoms with E-state index in [0.717, 1.165) is 24.0 Å². The summed E-state index contributed by atoms with van der Waals surface area (Å²) >= 11 is 0. The fraction of sp³-hybridized carbons (Fsp3) is 0.294. The minimum atomic E-state index is -4.59. The molecule has 0 saturated heterocycles. The zero-order valence-corrected chi connectivity index (χ0v) is 11.8. The van der Waals surface area contributed by atoms with E-state index in [1.165, 1.54) is 5.56 Å². The van der Waals surface area contributed by atoms with Gasteiger partial charge in [-0.05, 0) is 28.7 Å². The lowest BCUT2D eigenvalue weighted by molar-refractivity contribution is -0.330. The smallest absolute Gasteiger partial charge is 0.287 e. The van der Waals surface area contributed by atoms with E-state index in [1.54, 1.807) is 12.1 Å². The molecule has 2 aromatic rings. The quantitative estimate of drug-likeness (QED) is 0.723. The van der Waals surface area contributed by atoms with E-state index < -0.39 is 13.0 Å². The summed E-state index contributed by atoms with van der Waals surface area (Å²) in [6, 6.07) is 15.2. The number of benzene rings is 2. The van der Waals surface area contributed by atoms with Crippen molar-refractivity contribution in [3.63, 3.8) is 0 Å². The Labute approximate surface area is 122 Å². The van der Waals surface area contributed by atoms with Crippen LogP contribution in [0.3, 0.4) is 0 Å². The predicted molar refractivity (Wildman–Crippen MR) is 76.7 cm³/mol. The van der Waals surface area contributed by atoms with E-state index >= 15 is 0 Å². The molecule has 21 heavy (non-hydrogen) atoms. The summed E-state index contributed by atoms with van der Waals surface area (Å²) in [6.07, 6.45) is -2.44. The lowest BCUT2D eigenvalue weighted by atomic mass is 10.0. The Hall–Kier alpha value is -1.81. The van der Waals surface area contributed by atoms with Crippen molar-refractivity contribution in [1.29, 1.82) is 0 Å². The Balaban J connectivity index is 2.04. The topological polar surface area (TPSA) is 9.23 Å². The predicted octanol–water partition coefficient (Wildman–Crippen LogP) is 5.34. The largest absolute Gasteiger partial charge is 0.522 e. The van der Waals surface area contributed by atoms with Crippen LogP contribution in [-0.2, 0) is 17.8 Å². The lowest BCUT2D eigenvalue weighted by Gasteiger charge is -2.08. The van der Waals surface area contributed by atoms with Crippen LogP contribution in [0.5, 0.6) is 0 Å². The van der Waals surface area contributed by atoms with Crippen LogP contribution < -0.4 is 0 Å². The van der Waals surface area contributed by atoms with Crippen LogP contribution in [-0.4, -0.2) is 6.36 Å². The van der Waals surface area contributed by atoms with Gasteiger partial charge in [0.1, 0.15) is 0 Å². The second-order valence-electron chi connectivity index (χ2n) is 4.88. The van der Waals surface area contributed by atoms with Gasteiger partial charge in [0.2, 0.25) is 0 Å². The zero-order valence-electron chi connectivity index (χ0n) is 11.8. The summed E-state index contributed by atoms with van der Waals surface area (Å²) in [5, 5.41) is 0. The number of alkyl halides is 3. The average Bonchev–Trinajstić information content (AvgIpc) is 2.46. The third-order valence-corrected chi connectivity index (χ3v) is 3.18. The molecule has 0 atom stereocenters. The number of hydrogen-bond acceptors (Lipinski definition) is 1. The van der Waals surface area contributed by atoms with Gasteiger partial charge in [0.05, 0.1) is 6.61 Å². The van der Waals surface area contributed by atoms with E-state index in [1.807, 2.05) is 24.3 Å². The van der Waals surface area contributed by atoms with Crippen molar-refractivity contribution in [1.82, 2.24) is 0 Å². The van der Waals surface area contributed by atoms with E-state index in [2.05, 4.69) is 23.8 Å². The van der Waals surface area contributed by atoms with Crippen LogP contribution in [0.4, 0.5) is 13.2 Å². The maximum atomic E-state index is 12.0. The van der Waals surface area contributed by atoms with Gasteiger partial charge in [-0.2, -0.15) is 0 Å². The van der Waals surface area contributed by atoms with Gasteiger partial charge in [-0.15, -0.1) is 13.2 Å². The van der Waals surface area contributed by atoms with Crippen molar-refractivity contribution in [2.75, 3.05) is 0 Å². The third kappa shape index (κ3) is 4.90. The molecule has 2 rings (SSSR count).